The average Bonchev–Trinajstić information content (AvgIpc) is 3.29. The molecule has 0 fully saturated rings. The fourth-order valence-electron chi connectivity index (χ4n) is 3.95. The zero-order chi connectivity index (χ0) is 26.7. The van der Waals surface area contributed by atoms with E-state index in [1.165, 1.54) is 14.2 Å². The Bertz CT molecular complexity index is 1490. The Hall–Kier alpha value is -3.93. The molecule has 0 N–H and O–H groups in total. The molecule has 4 aromatic rings. The van der Waals surface area contributed by atoms with Crippen LogP contribution in [0, 0.1) is 12.7 Å². The molecule has 4 rings (SSSR count). The molecule has 0 saturated heterocycles. The van der Waals surface area contributed by atoms with E-state index in [9.17, 15) is 12.8 Å². The zero-order valence-electron chi connectivity index (χ0n) is 21.1. The molecule has 37 heavy (non-hydrogen) atoms. The average molecular weight is 527 g/mol. The predicted octanol–water partition coefficient (Wildman–Crippen LogP) is 3.69. The number of benzene rings is 1. The normalized spacial score (nSPS) is 13.2. The van der Waals surface area contributed by atoms with Gasteiger partial charge < -0.3 is 9.47 Å². The van der Waals surface area contributed by atoms with E-state index in [-0.39, 0.29) is 11.6 Å². The SMILES string of the molecule is COc1cccc(OC)c1-n1c(CS(=O)(=O)[C@H](C)[C@@H](C)c2ncc(F)cn2)nnc1-c1cncc(C)c1. The molecule has 12 heteroatoms. The van der Waals surface area contributed by atoms with Crippen molar-refractivity contribution in [3.05, 3.63) is 72.1 Å². The lowest BCUT2D eigenvalue weighted by Crippen LogP contribution is -2.27. The first-order valence-corrected chi connectivity index (χ1v) is 13.1. The number of hydrogen-bond acceptors (Lipinski definition) is 9. The van der Waals surface area contributed by atoms with E-state index in [1.807, 2.05) is 13.0 Å². The van der Waals surface area contributed by atoms with E-state index in [1.54, 1.807) is 49.0 Å². The fourth-order valence-corrected chi connectivity index (χ4v) is 5.50. The first-order valence-electron chi connectivity index (χ1n) is 11.4. The van der Waals surface area contributed by atoms with Crippen LogP contribution in [0.3, 0.4) is 0 Å². The summed E-state index contributed by atoms with van der Waals surface area (Å²) in [5.41, 5.74) is 2.00. The van der Waals surface area contributed by atoms with Crippen molar-refractivity contribution in [3.8, 4) is 28.6 Å². The van der Waals surface area contributed by atoms with Crippen LogP contribution in [-0.4, -0.2) is 57.6 Å². The van der Waals surface area contributed by atoms with Gasteiger partial charge in [0.05, 0.1) is 31.9 Å². The third-order valence-corrected chi connectivity index (χ3v) is 8.34. The van der Waals surface area contributed by atoms with Gasteiger partial charge in [0.2, 0.25) is 0 Å². The molecule has 0 spiro atoms. The van der Waals surface area contributed by atoms with Gasteiger partial charge in [-0.2, -0.15) is 0 Å². The Balaban J connectivity index is 1.83. The number of halogens is 1. The maximum absolute atomic E-state index is 13.6. The lowest BCUT2D eigenvalue weighted by molar-refractivity contribution is 0.390. The monoisotopic (exact) mass is 526 g/mol. The van der Waals surface area contributed by atoms with Gasteiger partial charge in [-0.15, -0.1) is 10.2 Å². The molecule has 0 radical (unpaired) electrons. The summed E-state index contributed by atoms with van der Waals surface area (Å²) in [7, 11) is -0.785. The Labute approximate surface area is 214 Å². The van der Waals surface area contributed by atoms with Crippen molar-refractivity contribution >= 4 is 9.84 Å². The van der Waals surface area contributed by atoms with Crippen LogP contribution in [0.25, 0.3) is 17.1 Å². The molecule has 3 heterocycles. The van der Waals surface area contributed by atoms with Gasteiger partial charge in [0, 0.05) is 23.9 Å². The van der Waals surface area contributed by atoms with Gasteiger partial charge >= 0.3 is 0 Å². The van der Waals surface area contributed by atoms with Crippen molar-refractivity contribution in [2.75, 3.05) is 14.2 Å². The second-order valence-corrected chi connectivity index (χ2v) is 11.0. The Morgan fingerprint density at radius 2 is 1.65 bits per heavy atom. The standard InChI is InChI=1S/C25H27FN6O4S/c1-15-9-18(11-27-10-15)25-31-30-22(32(25)23-20(35-4)7-6-8-21(23)36-5)14-37(33,34)17(3)16(2)24-28-12-19(26)13-29-24/h6-13,16-17H,14H2,1-5H3/t16-,17-/m1/s1. The number of aryl methyl sites for hydroxylation is 1. The van der Waals surface area contributed by atoms with Gasteiger partial charge in [-0.25, -0.2) is 22.8 Å². The number of methoxy groups -OCH3 is 2. The maximum atomic E-state index is 13.6. The van der Waals surface area contributed by atoms with Crippen LogP contribution in [0.4, 0.5) is 4.39 Å². The van der Waals surface area contributed by atoms with Crippen LogP contribution in [-0.2, 0) is 15.6 Å². The summed E-state index contributed by atoms with van der Waals surface area (Å²) < 4.78 is 53.3. The second kappa shape index (κ2) is 10.6. The zero-order valence-corrected chi connectivity index (χ0v) is 21.9. The highest BCUT2D eigenvalue weighted by molar-refractivity contribution is 7.91. The van der Waals surface area contributed by atoms with Gasteiger partial charge in [0.25, 0.3) is 0 Å². The third kappa shape index (κ3) is 5.29. The molecule has 0 aliphatic carbocycles. The van der Waals surface area contributed by atoms with E-state index >= 15 is 0 Å². The van der Waals surface area contributed by atoms with E-state index in [0.717, 1.165) is 18.0 Å². The molecule has 0 unspecified atom stereocenters. The third-order valence-electron chi connectivity index (χ3n) is 6.14. The van der Waals surface area contributed by atoms with Crippen LogP contribution < -0.4 is 9.47 Å². The Morgan fingerprint density at radius 1 is 1.00 bits per heavy atom. The molecule has 0 aliphatic heterocycles. The predicted molar refractivity (Wildman–Crippen MR) is 135 cm³/mol. The first kappa shape index (κ1) is 26.1. The second-order valence-electron chi connectivity index (χ2n) is 8.60. The van der Waals surface area contributed by atoms with Crippen molar-refractivity contribution in [1.29, 1.82) is 0 Å². The molecular weight excluding hydrogens is 499 g/mol. The summed E-state index contributed by atoms with van der Waals surface area (Å²) in [6.45, 7) is 5.16. The molecule has 194 valence electrons. The fraction of sp³-hybridized carbons (Fsp3) is 0.320. The number of rotatable bonds is 9. The molecular formula is C25H27FN6O4S. The largest absolute Gasteiger partial charge is 0.494 e. The molecule has 10 nitrogen and oxygen atoms in total. The number of nitrogens with zero attached hydrogens (tertiary/aromatic N) is 6. The topological polar surface area (TPSA) is 122 Å². The smallest absolute Gasteiger partial charge is 0.170 e. The molecule has 1 aromatic carbocycles. The van der Waals surface area contributed by atoms with Crippen molar-refractivity contribution in [1.82, 2.24) is 29.7 Å². The summed E-state index contributed by atoms with van der Waals surface area (Å²) >= 11 is 0. The molecule has 2 atom stereocenters. The summed E-state index contributed by atoms with van der Waals surface area (Å²) in [4.78, 5) is 12.2. The lowest BCUT2D eigenvalue weighted by atomic mass is 10.1. The number of aromatic nitrogens is 6. The van der Waals surface area contributed by atoms with E-state index in [2.05, 4.69) is 25.1 Å². The lowest BCUT2D eigenvalue weighted by Gasteiger charge is -2.20. The minimum atomic E-state index is -3.81. The highest BCUT2D eigenvalue weighted by Gasteiger charge is 2.33. The highest BCUT2D eigenvalue weighted by atomic mass is 32.2. The van der Waals surface area contributed by atoms with Crippen molar-refractivity contribution in [2.45, 2.75) is 37.7 Å². The molecule has 0 saturated carbocycles. The van der Waals surface area contributed by atoms with Gasteiger partial charge in [-0.05, 0) is 37.6 Å². The molecule has 0 amide bonds. The van der Waals surface area contributed by atoms with Gasteiger partial charge in [-0.3, -0.25) is 9.55 Å². The van der Waals surface area contributed by atoms with Crippen LogP contribution in [0.5, 0.6) is 11.5 Å². The highest BCUT2D eigenvalue weighted by Crippen LogP contribution is 2.37. The van der Waals surface area contributed by atoms with Crippen LogP contribution >= 0.6 is 0 Å². The molecule has 3 aromatic heterocycles. The van der Waals surface area contributed by atoms with Crippen molar-refractivity contribution in [3.63, 3.8) is 0 Å². The summed E-state index contributed by atoms with van der Waals surface area (Å²) in [5, 5.41) is 7.72. The van der Waals surface area contributed by atoms with E-state index < -0.39 is 32.6 Å². The Morgan fingerprint density at radius 3 is 2.24 bits per heavy atom. The van der Waals surface area contributed by atoms with Gasteiger partial charge in [0.15, 0.2) is 27.3 Å². The van der Waals surface area contributed by atoms with Crippen LogP contribution in [0.15, 0.2) is 49.1 Å². The van der Waals surface area contributed by atoms with Gasteiger partial charge in [-0.1, -0.05) is 13.0 Å². The molecule has 0 bridgehead atoms. The summed E-state index contributed by atoms with van der Waals surface area (Å²) in [6, 6.07) is 7.13. The number of sulfone groups is 1. The summed E-state index contributed by atoms with van der Waals surface area (Å²) in [6.07, 6.45) is 5.37. The first-order chi connectivity index (χ1) is 17.7. The van der Waals surface area contributed by atoms with Crippen LogP contribution in [0.1, 0.15) is 37.0 Å². The van der Waals surface area contributed by atoms with E-state index in [4.69, 9.17) is 9.47 Å². The minimum absolute atomic E-state index is 0.165. The number of hydrogen-bond donors (Lipinski definition) is 0. The summed E-state index contributed by atoms with van der Waals surface area (Å²) in [5.74, 6) is 0.0444. The van der Waals surface area contributed by atoms with E-state index in [0.29, 0.717) is 28.6 Å². The van der Waals surface area contributed by atoms with Crippen molar-refractivity contribution < 1.29 is 22.3 Å². The maximum Gasteiger partial charge on any atom is 0.170 e. The number of para-hydroxylation sites is 1. The number of pyridine rings is 1. The number of ether oxygens (including phenoxy) is 2. The minimum Gasteiger partial charge on any atom is -0.494 e. The van der Waals surface area contributed by atoms with Gasteiger partial charge in [0.1, 0.15) is 28.8 Å². The quantitative estimate of drug-likeness (QED) is 0.321. The van der Waals surface area contributed by atoms with Crippen molar-refractivity contribution in [2.24, 2.45) is 0 Å². The molecule has 0 aliphatic rings. The Kier molecular flexibility index (Phi) is 7.48. The van der Waals surface area contributed by atoms with Crippen LogP contribution in [0.2, 0.25) is 0 Å².